The van der Waals surface area contributed by atoms with Gasteiger partial charge in [0.25, 0.3) is 0 Å². The summed E-state index contributed by atoms with van der Waals surface area (Å²) in [4.78, 5) is 24.6. The number of rotatable bonds is 4. The molecule has 0 aromatic heterocycles. The maximum Gasteiger partial charge on any atom is 0.407 e. The van der Waals surface area contributed by atoms with E-state index in [1.807, 2.05) is 41.5 Å². The Hall–Kier alpha value is -1.54. The van der Waals surface area contributed by atoms with Gasteiger partial charge >= 0.3 is 12.2 Å². The van der Waals surface area contributed by atoms with Crippen LogP contribution in [0.3, 0.4) is 0 Å². The normalized spacial score (nSPS) is 33.5. The molecule has 6 unspecified atom stereocenters. The number of ether oxygens (including phenoxy) is 3. The van der Waals surface area contributed by atoms with Crippen LogP contribution in [0.5, 0.6) is 0 Å². The first-order valence-electron chi connectivity index (χ1n) is 11.8. The third-order valence-corrected chi connectivity index (χ3v) is 6.12. The fourth-order valence-electron chi connectivity index (χ4n) is 4.96. The van der Waals surface area contributed by atoms with Gasteiger partial charge in [-0.15, -0.1) is 0 Å². The molecule has 8 heteroatoms. The quantitative estimate of drug-likeness (QED) is 0.620. The standard InChI is InChI=1S/C23H41N3O5/c1-22(2,3)30-20(27)25-15-10-7-9-14(13-15)24-18-17(16-11-8-12-29-19(16)18)26-21(28)31-23(4,5)6/h14-19,24H,7-13H2,1-6H3,(H,25,27)(H,26,28). The monoisotopic (exact) mass is 439 g/mol. The molecule has 1 heterocycles. The number of carbonyl (C=O) groups excluding carboxylic acids is 2. The molecular formula is C23H41N3O5. The minimum atomic E-state index is -0.525. The van der Waals surface area contributed by atoms with Gasteiger partial charge in [-0.3, -0.25) is 0 Å². The van der Waals surface area contributed by atoms with E-state index in [9.17, 15) is 9.59 Å². The molecule has 0 aromatic carbocycles. The second-order valence-corrected chi connectivity index (χ2v) is 11.2. The predicted octanol–water partition coefficient (Wildman–Crippen LogP) is 3.48. The van der Waals surface area contributed by atoms with Crippen molar-refractivity contribution in [3.8, 4) is 0 Å². The van der Waals surface area contributed by atoms with Crippen molar-refractivity contribution in [2.45, 2.75) is 122 Å². The third-order valence-electron chi connectivity index (χ3n) is 6.12. The third kappa shape index (κ3) is 6.97. The number of amides is 2. The minimum Gasteiger partial charge on any atom is -0.444 e. The number of alkyl carbamates (subject to hydrolysis) is 2. The van der Waals surface area contributed by atoms with Crippen LogP contribution in [0.15, 0.2) is 0 Å². The fourth-order valence-corrected chi connectivity index (χ4v) is 4.96. The van der Waals surface area contributed by atoms with Crippen molar-refractivity contribution in [1.29, 1.82) is 0 Å². The number of carbonyl (C=O) groups is 2. The second kappa shape index (κ2) is 9.53. The number of fused-ring (bicyclic) bond motifs is 1. The van der Waals surface area contributed by atoms with Crippen molar-refractivity contribution >= 4 is 12.2 Å². The van der Waals surface area contributed by atoms with Crippen molar-refractivity contribution in [3.63, 3.8) is 0 Å². The van der Waals surface area contributed by atoms with Gasteiger partial charge in [-0.25, -0.2) is 9.59 Å². The first kappa shape index (κ1) is 24.1. The summed E-state index contributed by atoms with van der Waals surface area (Å²) in [7, 11) is 0. The molecule has 3 N–H and O–H groups in total. The van der Waals surface area contributed by atoms with Crippen LogP contribution in [0.1, 0.15) is 80.1 Å². The lowest BCUT2D eigenvalue weighted by Gasteiger charge is -2.55. The van der Waals surface area contributed by atoms with Gasteiger partial charge in [-0.2, -0.15) is 0 Å². The zero-order chi connectivity index (χ0) is 22.8. The smallest absolute Gasteiger partial charge is 0.407 e. The SMILES string of the molecule is CC(C)(C)OC(=O)NC1CCCC(NC2C(NC(=O)OC(C)(C)C)C3CCCOC32)C1. The molecule has 6 atom stereocenters. The van der Waals surface area contributed by atoms with Gasteiger partial charge in [0, 0.05) is 24.6 Å². The van der Waals surface area contributed by atoms with Crippen LogP contribution >= 0.6 is 0 Å². The number of hydrogen-bond acceptors (Lipinski definition) is 6. The van der Waals surface area contributed by atoms with Crippen LogP contribution in [-0.4, -0.2) is 60.3 Å². The lowest BCUT2D eigenvalue weighted by molar-refractivity contribution is -0.131. The Morgan fingerprint density at radius 1 is 0.806 bits per heavy atom. The zero-order valence-electron chi connectivity index (χ0n) is 20.0. The highest BCUT2D eigenvalue weighted by atomic mass is 16.6. The Bertz CT molecular complexity index is 642. The molecule has 0 bridgehead atoms. The molecule has 0 aromatic rings. The molecule has 0 spiro atoms. The van der Waals surface area contributed by atoms with E-state index in [2.05, 4.69) is 16.0 Å². The molecule has 2 amide bonds. The maximum absolute atomic E-state index is 12.4. The lowest BCUT2D eigenvalue weighted by atomic mass is 9.67. The first-order valence-corrected chi connectivity index (χ1v) is 11.8. The molecule has 3 aliphatic rings. The van der Waals surface area contributed by atoms with Gasteiger partial charge in [0.15, 0.2) is 0 Å². The molecule has 0 radical (unpaired) electrons. The van der Waals surface area contributed by atoms with E-state index >= 15 is 0 Å². The number of nitrogens with one attached hydrogen (secondary N) is 3. The minimum absolute atomic E-state index is 0.000610. The van der Waals surface area contributed by atoms with Crippen molar-refractivity contribution < 1.29 is 23.8 Å². The Morgan fingerprint density at radius 3 is 2.06 bits per heavy atom. The zero-order valence-corrected chi connectivity index (χ0v) is 20.0. The van der Waals surface area contributed by atoms with Crippen LogP contribution in [0.4, 0.5) is 9.59 Å². The summed E-state index contributed by atoms with van der Waals surface area (Å²) in [6.07, 6.45) is 5.32. The highest BCUT2D eigenvalue weighted by molar-refractivity contribution is 5.69. The maximum atomic E-state index is 12.4. The molecule has 1 saturated heterocycles. The van der Waals surface area contributed by atoms with E-state index in [1.165, 1.54) is 0 Å². The topological polar surface area (TPSA) is 97.9 Å². The summed E-state index contributed by atoms with van der Waals surface area (Å²) >= 11 is 0. The molecule has 1 aliphatic heterocycles. The van der Waals surface area contributed by atoms with E-state index < -0.39 is 11.2 Å². The Labute approximate surface area is 186 Å². The van der Waals surface area contributed by atoms with E-state index in [1.54, 1.807) is 0 Å². The van der Waals surface area contributed by atoms with Gasteiger partial charge in [-0.05, 0) is 80.1 Å². The molecule has 178 valence electrons. The van der Waals surface area contributed by atoms with Crippen LogP contribution in [-0.2, 0) is 14.2 Å². The number of hydrogen-bond donors (Lipinski definition) is 3. The Kier molecular flexibility index (Phi) is 7.41. The van der Waals surface area contributed by atoms with E-state index in [-0.39, 0.29) is 42.5 Å². The summed E-state index contributed by atoms with van der Waals surface area (Å²) in [5.41, 5.74) is -1.03. The van der Waals surface area contributed by atoms with E-state index in [0.29, 0.717) is 5.92 Å². The fraction of sp³-hybridized carbons (Fsp3) is 0.913. The van der Waals surface area contributed by atoms with Gasteiger partial charge in [-0.1, -0.05) is 0 Å². The molecule has 2 saturated carbocycles. The van der Waals surface area contributed by atoms with Crippen molar-refractivity contribution in [2.24, 2.45) is 5.92 Å². The summed E-state index contributed by atoms with van der Waals surface area (Å²) in [5, 5.41) is 9.84. The van der Waals surface area contributed by atoms with E-state index in [4.69, 9.17) is 14.2 Å². The van der Waals surface area contributed by atoms with Gasteiger partial charge < -0.3 is 30.2 Å². The average Bonchev–Trinajstić information content (AvgIpc) is 2.62. The summed E-state index contributed by atoms with van der Waals surface area (Å²) < 4.78 is 16.9. The molecule has 2 aliphatic carbocycles. The molecule has 31 heavy (non-hydrogen) atoms. The van der Waals surface area contributed by atoms with Crippen molar-refractivity contribution in [2.75, 3.05) is 6.61 Å². The van der Waals surface area contributed by atoms with Crippen LogP contribution in [0, 0.1) is 5.92 Å². The predicted molar refractivity (Wildman–Crippen MR) is 118 cm³/mol. The van der Waals surface area contributed by atoms with Gasteiger partial charge in [0.2, 0.25) is 0 Å². The van der Waals surface area contributed by atoms with Crippen LogP contribution in [0.2, 0.25) is 0 Å². The molecule has 8 nitrogen and oxygen atoms in total. The summed E-state index contributed by atoms with van der Waals surface area (Å²) in [6.45, 7) is 12.0. The molecule has 3 fully saturated rings. The molecule has 3 rings (SSSR count). The van der Waals surface area contributed by atoms with Gasteiger partial charge in [0.1, 0.15) is 11.2 Å². The summed E-state index contributed by atoms with van der Waals surface area (Å²) in [5.74, 6) is 0.318. The average molecular weight is 440 g/mol. The van der Waals surface area contributed by atoms with E-state index in [0.717, 1.165) is 45.1 Å². The Morgan fingerprint density at radius 2 is 1.42 bits per heavy atom. The van der Waals surface area contributed by atoms with Gasteiger partial charge in [0.05, 0.1) is 18.2 Å². The highest BCUT2D eigenvalue weighted by Crippen LogP contribution is 2.39. The molecular weight excluding hydrogens is 398 g/mol. The lowest BCUT2D eigenvalue weighted by Crippen LogP contribution is -2.74. The van der Waals surface area contributed by atoms with Crippen LogP contribution in [0.25, 0.3) is 0 Å². The van der Waals surface area contributed by atoms with Crippen molar-refractivity contribution in [1.82, 2.24) is 16.0 Å². The summed E-state index contributed by atoms with van der Waals surface area (Å²) in [6, 6.07) is 0.400. The second-order valence-electron chi connectivity index (χ2n) is 11.2. The highest BCUT2D eigenvalue weighted by Gasteiger charge is 2.53. The largest absolute Gasteiger partial charge is 0.444 e. The Balaban J connectivity index is 1.55. The van der Waals surface area contributed by atoms with Crippen LogP contribution < -0.4 is 16.0 Å². The van der Waals surface area contributed by atoms with Crippen molar-refractivity contribution in [3.05, 3.63) is 0 Å². The first-order chi connectivity index (χ1) is 14.4.